The fourth-order valence-corrected chi connectivity index (χ4v) is 2.49. The van der Waals surface area contributed by atoms with Gasteiger partial charge in [0, 0.05) is 11.1 Å². The lowest BCUT2D eigenvalue weighted by Gasteiger charge is -2.25. The summed E-state index contributed by atoms with van der Waals surface area (Å²) in [6.45, 7) is 5.66. The Labute approximate surface area is 118 Å². The number of primary sulfonamides is 1. The molecule has 0 aromatic heterocycles. The van der Waals surface area contributed by atoms with Crippen molar-refractivity contribution < 1.29 is 17.6 Å². The summed E-state index contributed by atoms with van der Waals surface area (Å²) in [5.41, 5.74) is -0.530. The first-order valence-electron chi connectivity index (χ1n) is 6.21. The predicted octanol–water partition coefficient (Wildman–Crippen LogP) is 1.78. The lowest BCUT2D eigenvalue weighted by molar-refractivity contribution is 0.0908. The molecule has 1 amide bonds. The molecular formula is C13H19FN2O3S. The van der Waals surface area contributed by atoms with Gasteiger partial charge < -0.3 is 5.32 Å². The van der Waals surface area contributed by atoms with E-state index in [1.54, 1.807) is 0 Å². The van der Waals surface area contributed by atoms with Crippen molar-refractivity contribution in [3.63, 3.8) is 0 Å². The summed E-state index contributed by atoms with van der Waals surface area (Å²) in [7, 11) is -4.06. The number of nitrogens with two attached hydrogens (primary N) is 1. The van der Waals surface area contributed by atoms with E-state index in [-0.39, 0.29) is 5.56 Å². The van der Waals surface area contributed by atoms with Gasteiger partial charge in [-0.1, -0.05) is 13.3 Å². The molecule has 0 spiro atoms. The fourth-order valence-electron chi connectivity index (χ4n) is 1.93. The van der Waals surface area contributed by atoms with Crippen molar-refractivity contribution in [3.8, 4) is 0 Å². The minimum atomic E-state index is -4.06. The second kappa shape index (κ2) is 5.88. The van der Waals surface area contributed by atoms with Gasteiger partial charge in [0.15, 0.2) is 0 Å². The van der Waals surface area contributed by atoms with Crippen molar-refractivity contribution in [2.45, 2.75) is 44.0 Å². The number of benzene rings is 1. The number of halogens is 1. The summed E-state index contributed by atoms with van der Waals surface area (Å²) in [5, 5.41) is 7.68. The Kier molecular flexibility index (Phi) is 4.88. The Morgan fingerprint density at radius 3 is 2.45 bits per heavy atom. The lowest BCUT2D eigenvalue weighted by atomic mass is 9.98. The highest BCUT2D eigenvalue weighted by Crippen LogP contribution is 2.16. The standard InChI is InChI=1S/C13H19FN2O3S/c1-4-5-13(2,3)16-12(17)9-6-10(14)8-11(7-9)20(15,18)19/h6-8H,4-5H2,1-3H3,(H,16,17)(H2,15,18,19). The summed E-state index contributed by atoms with van der Waals surface area (Å²) in [6.07, 6.45) is 1.62. The van der Waals surface area contributed by atoms with E-state index >= 15 is 0 Å². The van der Waals surface area contributed by atoms with E-state index in [2.05, 4.69) is 5.32 Å². The monoisotopic (exact) mass is 302 g/mol. The van der Waals surface area contributed by atoms with Crippen LogP contribution in [-0.2, 0) is 10.0 Å². The zero-order valence-corrected chi connectivity index (χ0v) is 12.6. The molecule has 0 radical (unpaired) electrons. The second-order valence-corrected chi connectivity index (χ2v) is 6.87. The van der Waals surface area contributed by atoms with Crippen molar-refractivity contribution in [1.82, 2.24) is 5.32 Å². The average molecular weight is 302 g/mol. The van der Waals surface area contributed by atoms with E-state index < -0.39 is 32.2 Å². The zero-order valence-electron chi connectivity index (χ0n) is 11.7. The number of sulfonamides is 1. The quantitative estimate of drug-likeness (QED) is 0.869. The Hall–Kier alpha value is -1.47. The molecule has 0 bridgehead atoms. The lowest BCUT2D eigenvalue weighted by Crippen LogP contribution is -2.43. The molecule has 112 valence electrons. The SMILES string of the molecule is CCCC(C)(C)NC(=O)c1cc(F)cc(S(N)(=O)=O)c1. The highest BCUT2D eigenvalue weighted by molar-refractivity contribution is 7.89. The molecule has 1 aromatic carbocycles. The van der Waals surface area contributed by atoms with Crippen molar-refractivity contribution >= 4 is 15.9 Å². The Bertz CT molecular complexity index is 612. The molecule has 7 heteroatoms. The molecule has 0 aliphatic carbocycles. The Morgan fingerprint density at radius 1 is 1.35 bits per heavy atom. The third-order valence-electron chi connectivity index (χ3n) is 2.79. The topological polar surface area (TPSA) is 89.3 Å². The molecule has 0 aliphatic heterocycles. The number of rotatable bonds is 5. The molecule has 0 unspecified atom stereocenters. The van der Waals surface area contributed by atoms with Gasteiger partial charge in [-0.2, -0.15) is 0 Å². The maximum Gasteiger partial charge on any atom is 0.251 e. The summed E-state index contributed by atoms with van der Waals surface area (Å²) in [6, 6.07) is 2.82. The van der Waals surface area contributed by atoms with Crippen LogP contribution in [0.1, 0.15) is 44.0 Å². The van der Waals surface area contributed by atoms with Crippen LogP contribution in [0.25, 0.3) is 0 Å². The van der Waals surface area contributed by atoms with Gasteiger partial charge >= 0.3 is 0 Å². The highest BCUT2D eigenvalue weighted by Gasteiger charge is 2.21. The van der Waals surface area contributed by atoms with Crippen molar-refractivity contribution in [3.05, 3.63) is 29.6 Å². The number of hydrogen-bond acceptors (Lipinski definition) is 3. The number of amides is 1. The first-order chi connectivity index (χ1) is 9.05. The number of hydrogen-bond donors (Lipinski definition) is 2. The van der Waals surface area contributed by atoms with Crippen LogP contribution < -0.4 is 10.5 Å². The summed E-state index contributed by atoms with van der Waals surface area (Å²) in [4.78, 5) is 11.6. The van der Waals surface area contributed by atoms with Crippen molar-refractivity contribution in [2.24, 2.45) is 5.14 Å². The van der Waals surface area contributed by atoms with Gasteiger partial charge in [0.1, 0.15) is 5.82 Å². The van der Waals surface area contributed by atoms with Gasteiger partial charge in [0.25, 0.3) is 5.91 Å². The molecule has 3 N–H and O–H groups in total. The van der Waals surface area contributed by atoms with Crippen LogP contribution in [0.3, 0.4) is 0 Å². The second-order valence-electron chi connectivity index (χ2n) is 5.31. The van der Waals surface area contributed by atoms with Gasteiger partial charge in [-0.15, -0.1) is 0 Å². The van der Waals surface area contributed by atoms with Crippen LogP contribution in [0.2, 0.25) is 0 Å². The average Bonchev–Trinajstić information content (AvgIpc) is 2.26. The van der Waals surface area contributed by atoms with E-state index in [4.69, 9.17) is 5.14 Å². The summed E-state index contributed by atoms with van der Waals surface area (Å²) >= 11 is 0. The highest BCUT2D eigenvalue weighted by atomic mass is 32.2. The van der Waals surface area contributed by atoms with Crippen LogP contribution in [0, 0.1) is 5.82 Å². The molecule has 5 nitrogen and oxygen atoms in total. The van der Waals surface area contributed by atoms with E-state index in [1.165, 1.54) is 0 Å². The maximum absolute atomic E-state index is 13.4. The predicted molar refractivity (Wildman–Crippen MR) is 74.2 cm³/mol. The van der Waals surface area contributed by atoms with Crippen LogP contribution in [-0.4, -0.2) is 19.9 Å². The van der Waals surface area contributed by atoms with Crippen LogP contribution in [0.4, 0.5) is 4.39 Å². The normalized spacial score (nSPS) is 12.2. The van der Waals surface area contributed by atoms with E-state index in [0.717, 1.165) is 31.0 Å². The molecule has 0 atom stereocenters. The number of carbonyl (C=O) groups is 1. The molecule has 0 fully saturated rings. The largest absolute Gasteiger partial charge is 0.347 e. The smallest absolute Gasteiger partial charge is 0.251 e. The zero-order chi connectivity index (χ0) is 15.6. The molecule has 0 aliphatic rings. The van der Waals surface area contributed by atoms with Gasteiger partial charge in [0.05, 0.1) is 4.90 Å². The molecule has 0 heterocycles. The fraction of sp³-hybridized carbons (Fsp3) is 0.462. The minimum absolute atomic E-state index is 0.0711. The Balaban J connectivity index is 3.09. The summed E-state index contributed by atoms with van der Waals surface area (Å²) in [5.74, 6) is -1.36. The van der Waals surface area contributed by atoms with Gasteiger partial charge in [-0.3, -0.25) is 4.79 Å². The van der Waals surface area contributed by atoms with Crippen molar-refractivity contribution in [1.29, 1.82) is 0 Å². The van der Waals surface area contributed by atoms with E-state index in [9.17, 15) is 17.6 Å². The first kappa shape index (κ1) is 16.6. The Morgan fingerprint density at radius 2 is 1.95 bits per heavy atom. The van der Waals surface area contributed by atoms with E-state index in [0.29, 0.717) is 0 Å². The van der Waals surface area contributed by atoms with E-state index in [1.807, 2.05) is 20.8 Å². The van der Waals surface area contributed by atoms with Gasteiger partial charge in [-0.05, 0) is 38.5 Å². The minimum Gasteiger partial charge on any atom is -0.347 e. The maximum atomic E-state index is 13.4. The molecule has 1 rings (SSSR count). The van der Waals surface area contributed by atoms with Gasteiger partial charge in [0.2, 0.25) is 10.0 Å². The third-order valence-corrected chi connectivity index (χ3v) is 3.68. The molecule has 20 heavy (non-hydrogen) atoms. The molecule has 1 aromatic rings. The van der Waals surface area contributed by atoms with Crippen LogP contribution >= 0.6 is 0 Å². The van der Waals surface area contributed by atoms with Crippen LogP contribution in [0.15, 0.2) is 23.1 Å². The number of carbonyl (C=O) groups excluding carboxylic acids is 1. The van der Waals surface area contributed by atoms with Gasteiger partial charge in [-0.25, -0.2) is 17.9 Å². The first-order valence-corrected chi connectivity index (χ1v) is 7.76. The molecule has 0 saturated carbocycles. The van der Waals surface area contributed by atoms with Crippen LogP contribution in [0.5, 0.6) is 0 Å². The molecule has 0 saturated heterocycles. The summed E-state index contributed by atoms with van der Waals surface area (Å²) < 4.78 is 35.9. The number of nitrogens with one attached hydrogen (secondary N) is 1. The third kappa shape index (κ3) is 4.57. The molecular weight excluding hydrogens is 283 g/mol. The van der Waals surface area contributed by atoms with Crippen molar-refractivity contribution in [2.75, 3.05) is 0 Å².